The normalized spacial score (nSPS) is 22.8. The molecule has 1 heterocycles. The van der Waals surface area contributed by atoms with Gasteiger partial charge in [-0.05, 0) is 19.3 Å². The molecule has 0 N–H and O–H groups in total. The first-order valence-electron chi connectivity index (χ1n) is 4.65. The SMILES string of the molecule is CN(CC1CCCCO1)C(=O)CBr. The highest BCUT2D eigenvalue weighted by atomic mass is 79.9. The second-order valence-corrected chi connectivity index (χ2v) is 3.96. The van der Waals surface area contributed by atoms with Crippen LogP contribution in [-0.4, -0.2) is 42.4 Å². The molecule has 4 heteroatoms. The number of carbonyl (C=O) groups is 1. The van der Waals surface area contributed by atoms with Crippen molar-refractivity contribution in [1.29, 1.82) is 0 Å². The second-order valence-electron chi connectivity index (χ2n) is 3.40. The van der Waals surface area contributed by atoms with Gasteiger partial charge in [-0.2, -0.15) is 0 Å². The van der Waals surface area contributed by atoms with Gasteiger partial charge < -0.3 is 9.64 Å². The summed E-state index contributed by atoms with van der Waals surface area (Å²) in [7, 11) is 1.82. The monoisotopic (exact) mass is 249 g/mol. The van der Waals surface area contributed by atoms with Crippen LogP contribution in [0.25, 0.3) is 0 Å². The molecule has 1 fully saturated rings. The smallest absolute Gasteiger partial charge is 0.233 e. The minimum absolute atomic E-state index is 0.120. The molecule has 1 rings (SSSR count). The van der Waals surface area contributed by atoms with Crippen molar-refractivity contribution in [3.8, 4) is 0 Å². The summed E-state index contributed by atoms with van der Waals surface area (Å²) in [5.74, 6) is 0.120. The van der Waals surface area contributed by atoms with E-state index in [1.165, 1.54) is 6.42 Å². The van der Waals surface area contributed by atoms with Gasteiger partial charge in [0.1, 0.15) is 0 Å². The number of ether oxygens (including phenoxy) is 1. The summed E-state index contributed by atoms with van der Waals surface area (Å²) in [5, 5.41) is 0.399. The Hall–Kier alpha value is -0.0900. The summed E-state index contributed by atoms with van der Waals surface area (Å²) >= 11 is 3.15. The number of amides is 1. The van der Waals surface area contributed by atoms with Crippen LogP contribution in [-0.2, 0) is 9.53 Å². The van der Waals surface area contributed by atoms with Gasteiger partial charge in [0.25, 0.3) is 0 Å². The Morgan fingerprint density at radius 1 is 1.62 bits per heavy atom. The van der Waals surface area contributed by atoms with Crippen LogP contribution in [0, 0.1) is 0 Å². The maximum Gasteiger partial charge on any atom is 0.233 e. The number of nitrogens with zero attached hydrogens (tertiary/aromatic N) is 1. The lowest BCUT2D eigenvalue weighted by Gasteiger charge is -2.27. The number of hydrogen-bond donors (Lipinski definition) is 0. The number of halogens is 1. The topological polar surface area (TPSA) is 29.5 Å². The Balaban J connectivity index is 2.25. The zero-order valence-corrected chi connectivity index (χ0v) is 9.55. The van der Waals surface area contributed by atoms with E-state index in [1.54, 1.807) is 4.90 Å². The van der Waals surface area contributed by atoms with Crippen molar-refractivity contribution in [2.75, 3.05) is 25.5 Å². The predicted molar refractivity (Wildman–Crippen MR) is 55.0 cm³/mol. The summed E-state index contributed by atoms with van der Waals surface area (Å²) in [6.45, 7) is 1.57. The standard InChI is InChI=1S/C9H16BrNO2/c1-11(9(12)6-10)7-8-4-2-3-5-13-8/h8H,2-7H2,1H3. The van der Waals surface area contributed by atoms with Gasteiger partial charge in [-0.25, -0.2) is 0 Å². The number of hydrogen-bond acceptors (Lipinski definition) is 2. The van der Waals surface area contributed by atoms with E-state index >= 15 is 0 Å². The van der Waals surface area contributed by atoms with Gasteiger partial charge in [0.2, 0.25) is 5.91 Å². The van der Waals surface area contributed by atoms with Crippen LogP contribution in [0.5, 0.6) is 0 Å². The fourth-order valence-corrected chi connectivity index (χ4v) is 1.89. The lowest BCUT2D eigenvalue weighted by Crippen LogP contribution is -2.37. The zero-order valence-electron chi connectivity index (χ0n) is 7.96. The molecule has 0 aromatic rings. The molecule has 1 amide bonds. The first-order chi connectivity index (χ1) is 6.24. The van der Waals surface area contributed by atoms with E-state index in [1.807, 2.05) is 7.05 Å². The zero-order chi connectivity index (χ0) is 9.68. The lowest BCUT2D eigenvalue weighted by atomic mass is 10.1. The molecule has 0 aromatic carbocycles. The molecule has 3 nitrogen and oxygen atoms in total. The summed E-state index contributed by atoms with van der Waals surface area (Å²) in [5.41, 5.74) is 0. The molecule has 0 spiro atoms. The largest absolute Gasteiger partial charge is 0.376 e. The molecule has 1 aliphatic heterocycles. The summed E-state index contributed by atoms with van der Waals surface area (Å²) in [4.78, 5) is 12.9. The van der Waals surface area contributed by atoms with E-state index in [0.29, 0.717) is 5.33 Å². The lowest BCUT2D eigenvalue weighted by molar-refractivity contribution is -0.129. The molecule has 0 radical (unpaired) electrons. The van der Waals surface area contributed by atoms with Crippen LogP contribution in [0.2, 0.25) is 0 Å². The van der Waals surface area contributed by atoms with Crippen LogP contribution in [0.1, 0.15) is 19.3 Å². The van der Waals surface area contributed by atoms with Gasteiger partial charge in [0.05, 0.1) is 11.4 Å². The Morgan fingerprint density at radius 2 is 2.38 bits per heavy atom. The summed E-state index contributed by atoms with van der Waals surface area (Å²) in [6.07, 6.45) is 3.72. The van der Waals surface area contributed by atoms with Crippen LogP contribution < -0.4 is 0 Å². The van der Waals surface area contributed by atoms with Gasteiger partial charge in [0, 0.05) is 20.2 Å². The van der Waals surface area contributed by atoms with Gasteiger partial charge in [-0.15, -0.1) is 0 Å². The first kappa shape index (κ1) is 11.0. The highest BCUT2D eigenvalue weighted by molar-refractivity contribution is 9.09. The molecule has 1 atom stereocenters. The third kappa shape index (κ3) is 3.65. The molecule has 76 valence electrons. The Kier molecular flexibility index (Phi) is 4.73. The average molecular weight is 250 g/mol. The Labute approximate surface area is 87.6 Å². The third-order valence-electron chi connectivity index (χ3n) is 2.29. The molecule has 1 saturated heterocycles. The van der Waals surface area contributed by atoms with Crippen molar-refractivity contribution >= 4 is 21.8 Å². The Morgan fingerprint density at radius 3 is 2.92 bits per heavy atom. The van der Waals surface area contributed by atoms with E-state index < -0.39 is 0 Å². The third-order valence-corrected chi connectivity index (χ3v) is 2.77. The molecule has 0 aliphatic carbocycles. The molecule has 0 aromatic heterocycles. The average Bonchev–Trinajstić information content (AvgIpc) is 2.18. The van der Waals surface area contributed by atoms with E-state index in [9.17, 15) is 4.79 Å². The van der Waals surface area contributed by atoms with Crippen molar-refractivity contribution in [2.45, 2.75) is 25.4 Å². The van der Waals surface area contributed by atoms with Crippen molar-refractivity contribution in [2.24, 2.45) is 0 Å². The van der Waals surface area contributed by atoms with Crippen molar-refractivity contribution in [1.82, 2.24) is 4.90 Å². The fraction of sp³-hybridized carbons (Fsp3) is 0.889. The van der Waals surface area contributed by atoms with Crippen molar-refractivity contribution in [3.05, 3.63) is 0 Å². The minimum Gasteiger partial charge on any atom is -0.376 e. The maximum atomic E-state index is 11.2. The van der Waals surface area contributed by atoms with Gasteiger partial charge in [0.15, 0.2) is 0 Å². The van der Waals surface area contributed by atoms with Crippen LogP contribution in [0.3, 0.4) is 0 Å². The molecular weight excluding hydrogens is 234 g/mol. The van der Waals surface area contributed by atoms with Crippen molar-refractivity contribution < 1.29 is 9.53 Å². The van der Waals surface area contributed by atoms with E-state index in [4.69, 9.17) is 4.74 Å². The Bertz CT molecular complexity index is 169. The molecule has 13 heavy (non-hydrogen) atoms. The number of likely N-dealkylation sites (N-methyl/N-ethyl adjacent to an activating group) is 1. The van der Waals surface area contributed by atoms with Crippen LogP contribution in [0.15, 0.2) is 0 Å². The van der Waals surface area contributed by atoms with Crippen LogP contribution >= 0.6 is 15.9 Å². The summed E-state index contributed by atoms with van der Waals surface area (Å²) in [6, 6.07) is 0. The second kappa shape index (κ2) is 5.60. The quantitative estimate of drug-likeness (QED) is 0.709. The summed E-state index contributed by atoms with van der Waals surface area (Å²) < 4.78 is 5.53. The van der Waals surface area contributed by atoms with Crippen molar-refractivity contribution in [3.63, 3.8) is 0 Å². The fourth-order valence-electron chi connectivity index (χ4n) is 1.46. The molecule has 1 unspecified atom stereocenters. The molecular formula is C9H16BrNO2. The first-order valence-corrected chi connectivity index (χ1v) is 5.77. The number of alkyl halides is 1. The van der Waals surface area contributed by atoms with E-state index in [2.05, 4.69) is 15.9 Å². The number of rotatable bonds is 3. The predicted octanol–water partition coefficient (Wildman–Crippen LogP) is 1.41. The van der Waals surface area contributed by atoms with Gasteiger partial charge >= 0.3 is 0 Å². The minimum atomic E-state index is 0.120. The number of carbonyl (C=O) groups excluding carboxylic acids is 1. The molecule has 0 bridgehead atoms. The van der Waals surface area contributed by atoms with Gasteiger partial charge in [-0.1, -0.05) is 15.9 Å². The molecule has 0 saturated carbocycles. The highest BCUT2D eigenvalue weighted by Crippen LogP contribution is 2.13. The highest BCUT2D eigenvalue weighted by Gasteiger charge is 2.17. The molecule has 1 aliphatic rings. The maximum absolute atomic E-state index is 11.2. The van der Waals surface area contributed by atoms with E-state index in [-0.39, 0.29) is 12.0 Å². The van der Waals surface area contributed by atoms with E-state index in [0.717, 1.165) is 26.0 Å². The van der Waals surface area contributed by atoms with Gasteiger partial charge in [-0.3, -0.25) is 4.79 Å². The van der Waals surface area contributed by atoms with Crippen LogP contribution in [0.4, 0.5) is 0 Å².